The van der Waals surface area contributed by atoms with E-state index < -0.39 is 72.1 Å². The van der Waals surface area contributed by atoms with E-state index in [0.29, 0.717) is 60.5 Å². The zero-order valence-corrected chi connectivity index (χ0v) is 72.7. The summed E-state index contributed by atoms with van der Waals surface area (Å²) < 4.78 is 14.6. The Hall–Kier alpha value is -10.5. The topological polar surface area (TPSA) is 318 Å². The van der Waals surface area contributed by atoms with Crippen LogP contribution in [0.5, 0.6) is 0 Å². The van der Waals surface area contributed by atoms with E-state index in [-0.39, 0.29) is 49.6 Å². The minimum atomic E-state index is -1.05. The standard InChI is InChI=1S/C16H21NO4.C14H19NO4.C12H16O2.C11H14O2.3C9H12.C7H12O3.C4H8O3.2C2H6/c1-11(2)13-8-14(15(18)19)17(9-13)16(20)21-10-12-6-4-3-5-7-12;1-10(2)8-12(13(16)17)15-14(18)19-9-11-6-4-3-5-7-11;1-8(2)10-4-6-11(7-5-10)9(3)12(13)14;1-8(2)7-9-3-5-10(6-4-9)11(12)13;3*1-8(2)9-6-4-3-5-7-9;1-5(2)6(8)3-4-7(9)10;1-3(7-2)4(5)6;2*1-2/h3-7,11,13-14H,8-10H2,1-2H3,(H,18,19);3-7,10,12H,8-9H2,1-2H3,(H,15,18)(H,16,17);4-9H,1-3H3,(H,13,14);3-6,8H,7H2,1-2H3,(H,12,13);3*3-8H,1-2H3;5H,3-4H2,1-2H3,(H,9,10);3H,1-2H3,(H,5,6);2*1-2H3/t13-,14+;12-;;;;;;;;;/m10........./s1. The summed E-state index contributed by atoms with van der Waals surface area (Å²) >= 11 is 0. The van der Waals surface area contributed by atoms with E-state index in [1.807, 2.05) is 171 Å². The van der Waals surface area contributed by atoms with Crippen molar-refractivity contribution in [3.8, 4) is 0 Å². The molecule has 1 aliphatic heterocycles. The van der Waals surface area contributed by atoms with Crippen LogP contribution in [0.4, 0.5) is 9.59 Å². The van der Waals surface area contributed by atoms with Crippen molar-refractivity contribution in [2.24, 2.45) is 29.6 Å². The molecular formula is C95H138N2O18. The summed E-state index contributed by atoms with van der Waals surface area (Å²) in [5.74, 6) is -2.14. The Morgan fingerprint density at radius 1 is 0.426 bits per heavy atom. The number of carboxylic acids is 6. The van der Waals surface area contributed by atoms with Crippen LogP contribution in [0, 0.1) is 29.6 Å². The lowest BCUT2D eigenvalue weighted by atomic mass is 9.93. The third-order valence-electron chi connectivity index (χ3n) is 17.2. The Kier molecular flexibility index (Phi) is 60.4. The molecule has 8 rings (SSSR count). The number of likely N-dealkylation sites (tertiary alicyclic amines) is 1. The van der Waals surface area contributed by atoms with Crippen LogP contribution in [0.25, 0.3) is 0 Å². The Balaban J connectivity index is -0.00000125. The number of aliphatic carboxylic acids is 5. The van der Waals surface area contributed by atoms with Gasteiger partial charge in [-0.15, -0.1) is 0 Å². The molecule has 1 heterocycles. The smallest absolute Gasteiger partial charge is 0.410 e. The van der Waals surface area contributed by atoms with Crippen molar-refractivity contribution in [1.82, 2.24) is 10.2 Å². The van der Waals surface area contributed by atoms with Crippen LogP contribution in [0.1, 0.15) is 262 Å². The molecule has 2 unspecified atom stereocenters. The molecule has 5 atom stereocenters. The summed E-state index contributed by atoms with van der Waals surface area (Å²) in [6.45, 7) is 45.1. The molecule has 0 radical (unpaired) electrons. The number of aromatic carboxylic acids is 1. The minimum absolute atomic E-state index is 0.0161. The molecule has 0 spiro atoms. The van der Waals surface area contributed by atoms with Crippen molar-refractivity contribution in [2.75, 3.05) is 13.7 Å². The first-order chi connectivity index (χ1) is 54.2. The maximum Gasteiger partial charge on any atom is 0.410 e. The molecule has 2 amide bonds. The number of nitrogens with zero attached hydrogens (tertiary/aromatic N) is 1. The number of carboxylic acid groups (broad SMARTS) is 6. The van der Waals surface area contributed by atoms with Crippen LogP contribution in [0.3, 0.4) is 0 Å². The molecule has 0 aromatic heterocycles. The van der Waals surface area contributed by atoms with Gasteiger partial charge in [-0.25, -0.2) is 28.8 Å². The van der Waals surface area contributed by atoms with Crippen LogP contribution in [-0.4, -0.2) is 121 Å². The number of carbonyl (C=O) groups is 9. The molecule has 7 aromatic carbocycles. The largest absolute Gasteiger partial charge is 0.481 e. The van der Waals surface area contributed by atoms with Crippen molar-refractivity contribution in [3.05, 3.63) is 250 Å². The fourth-order valence-electron chi connectivity index (χ4n) is 9.89. The van der Waals surface area contributed by atoms with Gasteiger partial charge in [-0.2, -0.15) is 0 Å². The fraction of sp³-hybridized carbons (Fsp3) is 0.463. The number of hydrogen-bond donors (Lipinski definition) is 7. The van der Waals surface area contributed by atoms with Crippen LogP contribution < -0.4 is 5.32 Å². The first kappa shape index (κ1) is 109. The molecule has 0 bridgehead atoms. The zero-order valence-electron chi connectivity index (χ0n) is 72.7. The summed E-state index contributed by atoms with van der Waals surface area (Å²) in [6, 6.07) is 63.3. The second-order valence-corrected chi connectivity index (χ2v) is 29.4. The molecular weight excluding hydrogens is 1460 g/mol. The Bertz CT molecular complexity index is 3610. The van der Waals surface area contributed by atoms with Gasteiger partial charge in [-0.3, -0.25) is 19.3 Å². The number of nitrogens with one attached hydrogen (secondary N) is 1. The van der Waals surface area contributed by atoms with Gasteiger partial charge in [0.05, 0.1) is 17.9 Å². The number of methoxy groups -OCH3 is 1. The summed E-state index contributed by atoms with van der Waals surface area (Å²) in [7, 11) is 1.36. The summed E-state index contributed by atoms with van der Waals surface area (Å²) in [4.78, 5) is 99.1. The second kappa shape index (κ2) is 63.9. The molecule has 636 valence electrons. The van der Waals surface area contributed by atoms with Gasteiger partial charge < -0.3 is 50.2 Å². The number of benzene rings is 7. The van der Waals surface area contributed by atoms with Gasteiger partial charge in [-0.05, 0) is 137 Å². The van der Waals surface area contributed by atoms with Crippen molar-refractivity contribution in [1.29, 1.82) is 0 Å². The first-order valence-corrected chi connectivity index (χ1v) is 39.9. The zero-order chi connectivity index (χ0) is 88.3. The SMILES string of the molecule is CC.CC.CC(C)C(=O)CCC(=O)O.CC(C)C[C@H](NC(=O)OCc1ccccc1)C(=O)O.CC(C)Cc1ccc(C(=O)O)cc1.CC(C)[C@@H]1C[C@@H](C(=O)O)N(C(=O)OCc2ccccc2)C1.CC(C)c1ccc(C(C)C(=O)O)cc1.CC(C)c1ccccc1.CC(C)c1ccccc1.CC(C)c1ccccc1.COC(C)C(=O)O. The molecule has 1 saturated heterocycles. The van der Waals surface area contributed by atoms with Crippen LogP contribution in [-0.2, 0) is 62.6 Å². The lowest BCUT2D eigenvalue weighted by molar-refractivity contribution is -0.147. The predicted molar refractivity (Wildman–Crippen MR) is 462 cm³/mol. The summed E-state index contributed by atoms with van der Waals surface area (Å²) in [5.41, 5.74) is 9.64. The number of rotatable bonds is 25. The van der Waals surface area contributed by atoms with Crippen LogP contribution >= 0.6 is 0 Å². The predicted octanol–water partition coefficient (Wildman–Crippen LogP) is 22.4. The van der Waals surface area contributed by atoms with Crippen LogP contribution in [0.15, 0.2) is 200 Å². The number of Topliss-reactive ketones (excluding diaryl/α,β-unsaturated/α-hetero) is 1. The van der Waals surface area contributed by atoms with E-state index in [0.717, 1.165) is 23.1 Å². The highest BCUT2D eigenvalue weighted by molar-refractivity contribution is 5.87. The van der Waals surface area contributed by atoms with Gasteiger partial charge in [0.2, 0.25) is 0 Å². The Labute approximate surface area is 687 Å². The molecule has 20 nitrogen and oxygen atoms in total. The van der Waals surface area contributed by atoms with E-state index in [4.69, 9.17) is 35.0 Å². The van der Waals surface area contributed by atoms with E-state index in [1.54, 1.807) is 32.9 Å². The van der Waals surface area contributed by atoms with Crippen molar-refractivity contribution >= 4 is 53.8 Å². The average Bonchev–Trinajstić information content (AvgIpc) is 1.69. The van der Waals surface area contributed by atoms with Crippen molar-refractivity contribution < 1.29 is 88.0 Å². The maximum atomic E-state index is 12.1. The number of hydrogen-bond acceptors (Lipinski definition) is 12. The van der Waals surface area contributed by atoms with Gasteiger partial charge in [-0.1, -0.05) is 327 Å². The molecule has 7 N–H and O–H groups in total. The Morgan fingerprint density at radius 2 is 0.800 bits per heavy atom. The van der Waals surface area contributed by atoms with Gasteiger partial charge in [0, 0.05) is 26.0 Å². The lowest BCUT2D eigenvalue weighted by Crippen LogP contribution is -2.41. The highest BCUT2D eigenvalue weighted by Gasteiger charge is 2.41. The van der Waals surface area contributed by atoms with Gasteiger partial charge in [0.1, 0.15) is 31.1 Å². The third-order valence-corrected chi connectivity index (χ3v) is 17.2. The molecule has 20 heteroatoms. The highest BCUT2D eigenvalue weighted by Crippen LogP contribution is 2.30. The van der Waals surface area contributed by atoms with Crippen LogP contribution in [0.2, 0.25) is 0 Å². The van der Waals surface area contributed by atoms with E-state index >= 15 is 0 Å². The quantitative estimate of drug-likeness (QED) is 0.0280. The fourth-order valence-corrected chi connectivity index (χ4v) is 9.89. The first-order valence-electron chi connectivity index (χ1n) is 39.9. The number of carbonyl (C=O) groups excluding carboxylic acids is 3. The minimum Gasteiger partial charge on any atom is -0.481 e. The van der Waals surface area contributed by atoms with E-state index in [9.17, 15) is 48.3 Å². The van der Waals surface area contributed by atoms with Gasteiger partial charge >= 0.3 is 48.0 Å². The van der Waals surface area contributed by atoms with E-state index in [1.165, 1.54) is 46.8 Å². The monoisotopic (exact) mass is 1590 g/mol. The van der Waals surface area contributed by atoms with E-state index in [2.05, 4.69) is 152 Å². The van der Waals surface area contributed by atoms with Gasteiger partial charge in [0.25, 0.3) is 0 Å². The number of ketones is 1. The average molecular weight is 1600 g/mol. The number of amides is 2. The number of ether oxygens (including phenoxy) is 3. The molecule has 0 saturated carbocycles. The molecule has 1 aliphatic rings. The molecule has 7 aromatic rings. The maximum absolute atomic E-state index is 12.1. The lowest BCUT2D eigenvalue weighted by Gasteiger charge is -2.21. The molecule has 0 aliphatic carbocycles. The summed E-state index contributed by atoms with van der Waals surface area (Å²) in [6.07, 6.45) is 0.0407. The highest BCUT2D eigenvalue weighted by atomic mass is 16.6. The van der Waals surface area contributed by atoms with Crippen molar-refractivity contribution in [2.45, 2.75) is 245 Å². The van der Waals surface area contributed by atoms with Crippen molar-refractivity contribution in [3.63, 3.8) is 0 Å². The third kappa shape index (κ3) is 52.5. The molecule has 115 heavy (non-hydrogen) atoms. The normalized spacial score (nSPS) is 12.8. The summed E-state index contributed by atoms with van der Waals surface area (Å²) in [5, 5.41) is 54.3. The molecule has 1 fully saturated rings. The Morgan fingerprint density at radius 3 is 1.09 bits per heavy atom. The van der Waals surface area contributed by atoms with Gasteiger partial charge in [0.15, 0.2) is 6.10 Å². The number of alkyl carbamates (subject to hydrolysis) is 1. The second-order valence-electron chi connectivity index (χ2n) is 29.4.